The number of benzene rings is 1. The van der Waals surface area contributed by atoms with E-state index in [9.17, 15) is 4.79 Å². The van der Waals surface area contributed by atoms with E-state index in [1.54, 1.807) is 29.7 Å². The highest BCUT2D eigenvalue weighted by Crippen LogP contribution is 2.21. The first-order valence-corrected chi connectivity index (χ1v) is 12.6. The van der Waals surface area contributed by atoms with Gasteiger partial charge in [-0.15, -0.1) is 11.3 Å². The zero-order valence-corrected chi connectivity index (χ0v) is 20.2. The molecule has 1 amide bonds. The van der Waals surface area contributed by atoms with Gasteiger partial charge in [0.25, 0.3) is 5.91 Å². The van der Waals surface area contributed by atoms with Crippen molar-refractivity contribution in [3.8, 4) is 16.6 Å². The Morgan fingerprint density at radius 2 is 1.91 bits per heavy atom. The second kappa shape index (κ2) is 11.2. The molecule has 8 nitrogen and oxygen atoms in total. The Labute approximate surface area is 208 Å². The van der Waals surface area contributed by atoms with Gasteiger partial charge in [-0.25, -0.2) is 4.98 Å². The lowest BCUT2D eigenvalue weighted by Crippen LogP contribution is -2.48. The molecule has 1 fully saturated rings. The van der Waals surface area contributed by atoms with Gasteiger partial charge in [0, 0.05) is 50.4 Å². The summed E-state index contributed by atoms with van der Waals surface area (Å²) in [4.78, 5) is 27.1. The van der Waals surface area contributed by atoms with Crippen molar-refractivity contribution < 1.29 is 14.1 Å². The van der Waals surface area contributed by atoms with Gasteiger partial charge >= 0.3 is 0 Å². The van der Waals surface area contributed by atoms with Crippen LogP contribution in [0, 0.1) is 0 Å². The fraction of sp³-hybridized carbons (Fsp3) is 0.308. The van der Waals surface area contributed by atoms with E-state index in [1.807, 2.05) is 52.7 Å². The molecule has 4 aromatic rings. The van der Waals surface area contributed by atoms with E-state index in [0.29, 0.717) is 42.9 Å². The molecule has 1 aliphatic heterocycles. The Kier molecular flexibility index (Phi) is 7.45. The number of carbonyl (C=O) groups excluding carboxylic acids is 1. The lowest BCUT2D eigenvalue weighted by molar-refractivity contribution is 0.0635. The standard InChI is InChI=1S/C26H27N5O3S/c32-26(21-10-11-27-24(18-21)33-19-20-6-2-1-3-7-20)31-15-13-30(14-16-31)12-4-9-23-28-25(29-34-23)22-8-5-17-35-22/h1-3,5-8,10-11,17-18H,4,9,12-16,19H2. The number of pyridine rings is 1. The van der Waals surface area contributed by atoms with Crippen LogP contribution >= 0.6 is 11.3 Å². The summed E-state index contributed by atoms with van der Waals surface area (Å²) in [6, 6.07) is 17.4. The minimum Gasteiger partial charge on any atom is -0.473 e. The van der Waals surface area contributed by atoms with Crippen LogP contribution in [0.25, 0.3) is 10.7 Å². The summed E-state index contributed by atoms with van der Waals surface area (Å²) >= 11 is 1.60. The molecule has 9 heteroatoms. The smallest absolute Gasteiger partial charge is 0.254 e. The van der Waals surface area contributed by atoms with E-state index in [0.717, 1.165) is 42.9 Å². The highest BCUT2D eigenvalue weighted by molar-refractivity contribution is 7.13. The molecule has 1 aliphatic rings. The Morgan fingerprint density at radius 3 is 2.71 bits per heavy atom. The summed E-state index contributed by atoms with van der Waals surface area (Å²) in [6.07, 6.45) is 3.32. The maximum Gasteiger partial charge on any atom is 0.254 e. The number of aryl methyl sites for hydroxylation is 1. The highest BCUT2D eigenvalue weighted by Gasteiger charge is 2.22. The maximum atomic E-state index is 13.0. The number of ether oxygens (including phenoxy) is 1. The van der Waals surface area contributed by atoms with Crippen LogP contribution in [0.2, 0.25) is 0 Å². The molecule has 0 aliphatic carbocycles. The van der Waals surface area contributed by atoms with Crippen molar-refractivity contribution in [3.63, 3.8) is 0 Å². The second-order valence-corrected chi connectivity index (χ2v) is 9.33. The first kappa shape index (κ1) is 23.2. The third kappa shape index (κ3) is 6.12. The van der Waals surface area contributed by atoms with Gasteiger partial charge in [-0.3, -0.25) is 9.69 Å². The zero-order valence-electron chi connectivity index (χ0n) is 19.4. The predicted octanol–water partition coefficient (Wildman–Crippen LogP) is 4.16. The summed E-state index contributed by atoms with van der Waals surface area (Å²) in [6.45, 7) is 4.44. The van der Waals surface area contributed by atoms with E-state index >= 15 is 0 Å². The van der Waals surface area contributed by atoms with Gasteiger partial charge in [0.05, 0.1) is 4.88 Å². The molecule has 3 aromatic heterocycles. The van der Waals surface area contributed by atoms with E-state index in [-0.39, 0.29) is 5.91 Å². The highest BCUT2D eigenvalue weighted by atomic mass is 32.1. The Hall–Kier alpha value is -3.56. The van der Waals surface area contributed by atoms with Gasteiger partial charge in [-0.2, -0.15) is 4.98 Å². The van der Waals surface area contributed by atoms with Crippen molar-refractivity contribution in [2.45, 2.75) is 19.4 Å². The van der Waals surface area contributed by atoms with Crippen LogP contribution in [0.1, 0.15) is 28.2 Å². The maximum absolute atomic E-state index is 13.0. The average molecular weight is 490 g/mol. The molecule has 5 rings (SSSR count). The molecule has 1 aromatic carbocycles. The van der Waals surface area contributed by atoms with Crippen molar-refractivity contribution in [3.05, 3.63) is 83.2 Å². The van der Waals surface area contributed by atoms with Crippen molar-refractivity contribution in [2.75, 3.05) is 32.7 Å². The van der Waals surface area contributed by atoms with Crippen molar-refractivity contribution in [1.29, 1.82) is 0 Å². The van der Waals surface area contributed by atoms with Crippen LogP contribution in [0.15, 0.2) is 70.7 Å². The summed E-state index contributed by atoms with van der Waals surface area (Å²) in [5.74, 6) is 1.81. The van der Waals surface area contributed by atoms with Crippen LogP contribution in [-0.2, 0) is 13.0 Å². The summed E-state index contributed by atoms with van der Waals surface area (Å²) < 4.78 is 11.2. The normalized spacial score (nSPS) is 14.2. The molecule has 0 atom stereocenters. The van der Waals surface area contributed by atoms with Crippen LogP contribution < -0.4 is 4.74 Å². The molecule has 1 saturated heterocycles. The monoisotopic (exact) mass is 489 g/mol. The van der Waals surface area contributed by atoms with E-state index < -0.39 is 0 Å². The van der Waals surface area contributed by atoms with Crippen LogP contribution in [0.4, 0.5) is 0 Å². The number of nitrogens with zero attached hydrogens (tertiary/aromatic N) is 5. The van der Waals surface area contributed by atoms with Crippen LogP contribution in [-0.4, -0.2) is 63.6 Å². The van der Waals surface area contributed by atoms with Crippen molar-refractivity contribution in [1.82, 2.24) is 24.9 Å². The Balaban J connectivity index is 1.06. The largest absolute Gasteiger partial charge is 0.473 e. The summed E-state index contributed by atoms with van der Waals surface area (Å²) in [5.41, 5.74) is 1.67. The van der Waals surface area contributed by atoms with Gasteiger partial charge in [0.15, 0.2) is 0 Å². The number of aromatic nitrogens is 3. The molecule has 0 N–H and O–H groups in total. The SMILES string of the molecule is O=C(c1ccnc(OCc2ccccc2)c1)N1CCN(CCCc2nc(-c3cccs3)no2)CC1. The molecular formula is C26H27N5O3S. The minimum absolute atomic E-state index is 0.0172. The molecular weight excluding hydrogens is 462 g/mol. The lowest BCUT2D eigenvalue weighted by Gasteiger charge is -2.34. The number of hydrogen-bond donors (Lipinski definition) is 0. The number of amides is 1. The molecule has 0 radical (unpaired) electrons. The zero-order chi connectivity index (χ0) is 23.9. The van der Waals surface area contributed by atoms with Crippen LogP contribution in [0.5, 0.6) is 5.88 Å². The topological polar surface area (TPSA) is 84.6 Å². The summed E-state index contributed by atoms with van der Waals surface area (Å²) in [5, 5.41) is 6.07. The number of rotatable bonds is 9. The molecule has 0 unspecified atom stereocenters. The quantitative estimate of drug-likeness (QED) is 0.349. The number of hydrogen-bond acceptors (Lipinski definition) is 8. The molecule has 180 valence electrons. The molecule has 0 saturated carbocycles. The Morgan fingerprint density at radius 1 is 1.06 bits per heavy atom. The second-order valence-electron chi connectivity index (χ2n) is 8.38. The fourth-order valence-electron chi connectivity index (χ4n) is 4.03. The number of thiophene rings is 1. The van der Waals surface area contributed by atoms with Gasteiger partial charge in [0.2, 0.25) is 17.6 Å². The van der Waals surface area contributed by atoms with Crippen molar-refractivity contribution >= 4 is 17.2 Å². The third-order valence-corrected chi connectivity index (χ3v) is 6.81. The predicted molar refractivity (Wildman–Crippen MR) is 133 cm³/mol. The van der Waals surface area contributed by atoms with E-state index in [2.05, 4.69) is 20.0 Å². The fourth-order valence-corrected chi connectivity index (χ4v) is 4.68. The van der Waals surface area contributed by atoms with Gasteiger partial charge in [-0.05, 0) is 36.0 Å². The number of carbonyl (C=O) groups is 1. The third-order valence-electron chi connectivity index (χ3n) is 5.95. The first-order chi connectivity index (χ1) is 17.2. The Bertz CT molecular complexity index is 1220. The van der Waals surface area contributed by atoms with Crippen molar-refractivity contribution in [2.24, 2.45) is 0 Å². The molecule has 0 bridgehead atoms. The molecule has 0 spiro atoms. The lowest BCUT2D eigenvalue weighted by atomic mass is 10.2. The van der Waals surface area contributed by atoms with Gasteiger partial charge < -0.3 is 14.2 Å². The van der Waals surface area contributed by atoms with Crippen LogP contribution in [0.3, 0.4) is 0 Å². The van der Waals surface area contributed by atoms with E-state index in [1.165, 1.54) is 0 Å². The summed E-state index contributed by atoms with van der Waals surface area (Å²) in [7, 11) is 0. The van der Waals surface area contributed by atoms with Gasteiger partial charge in [0.1, 0.15) is 6.61 Å². The minimum atomic E-state index is 0.0172. The van der Waals surface area contributed by atoms with E-state index in [4.69, 9.17) is 9.26 Å². The van der Waals surface area contributed by atoms with Gasteiger partial charge in [-0.1, -0.05) is 41.6 Å². The number of piperazine rings is 1. The average Bonchev–Trinajstić information content (AvgIpc) is 3.61. The molecule has 35 heavy (non-hydrogen) atoms. The first-order valence-electron chi connectivity index (χ1n) is 11.8. The molecule has 4 heterocycles.